The number of carbonyl (C=O) groups is 3. The first-order valence-electron chi connectivity index (χ1n) is 10.3. The molecular weight excluding hydrogens is 423 g/mol. The number of imide groups is 1. The van der Waals surface area contributed by atoms with Gasteiger partial charge in [0.05, 0.1) is 12.1 Å². The zero-order chi connectivity index (χ0) is 23.1. The zero-order valence-electron chi connectivity index (χ0n) is 17.3. The number of rotatable bonds is 5. The Morgan fingerprint density at radius 1 is 1.12 bits per heavy atom. The monoisotopic (exact) mass is 445 g/mol. The Kier molecular flexibility index (Phi) is 5.44. The first-order chi connectivity index (χ1) is 15.1. The van der Waals surface area contributed by atoms with E-state index in [1.165, 1.54) is 12.1 Å². The minimum atomic E-state index is -4.45. The molecule has 9 heteroatoms. The molecule has 1 aliphatic heterocycles. The van der Waals surface area contributed by atoms with Gasteiger partial charge < -0.3 is 10.6 Å². The first kappa shape index (κ1) is 21.9. The topological polar surface area (TPSA) is 87.3 Å². The number of alkyl halides is 3. The van der Waals surface area contributed by atoms with Crippen molar-refractivity contribution in [2.24, 2.45) is 5.92 Å². The molecule has 2 aromatic rings. The van der Waals surface area contributed by atoms with E-state index in [1.54, 1.807) is 18.2 Å². The summed E-state index contributed by atoms with van der Waals surface area (Å²) in [5.74, 6) is -1.01. The van der Waals surface area contributed by atoms with Crippen LogP contribution in [0.15, 0.2) is 42.5 Å². The molecule has 1 atom stereocenters. The number of nitrogens with one attached hydrogen (secondary N) is 3. The van der Waals surface area contributed by atoms with Crippen LogP contribution in [-0.4, -0.2) is 29.9 Å². The van der Waals surface area contributed by atoms with Crippen molar-refractivity contribution < 1.29 is 27.6 Å². The lowest BCUT2D eigenvalue weighted by Crippen LogP contribution is -2.61. The molecule has 1 aliphatic carbocycles. The molecular formula is C23H22F3N3O3. The van der Waals surface area contributed by atoms with E-state index in [2.05, 4.69) is 16.0 Å². The van der Waals surface area contributed by atoms with Crippen LogP contribution in [0.25, 0.3) is 11.1 Å². The van der Waals surface area contributed by atoms with Crippen LogP contribution in [0.4, 0.5) is 18.0 Å². The molecule has 1 saturated heterocycles. The third kappa shape index (κ3) is 3.94. The number of aryl methyl sites for hydroxylation is 1. The lowest BCUT2D eigenvalue weighted by Gasteiger charge is -2.40. The summed E-state index contributed by atoms with van der Waals surface area (Å²) in [6.45, 7) is 1.74. The standard InChI is InChI=1S/C23H22F3N3O3/c1-13-5-10-17(18(11-13)14-6-8-16(9-7-14)23(24,25)26)19(30)27-12-22(15-3-2-4-15)20(31)28-21(32)29-22/h5-11,15H,2-4,12H2,1H3,(H,27,30)(H2,28,29,31,32). The molecule has 0 aromatic heterocycles. The highest BCUT2D eigenvalue weighted by Gasteiger charge is 2.53. The van der Waals surface area contributed by atoms with E-state index in [1.807, 2.05) is 6.92 Å². The van der Waals surface area contributed by atoms with Crippen molar-refractivity contribution >= 4 is 17.8 Å². The molecule has 0 bridgehead atoms. The highest BCUT2D eigenvalue weighted by molar-refractivity contribution is 6.08. The Bertz CT molecular complexity index is 1080. The number of carbonyl (C=O) groups excluding carboxylic acids is 3. The minimum absolute atomic E-state index is 0.0679. The number of amides is 4. The molecule has 2 fully saturated rings. The molecule has 0 radical (unpaired) electrons. The molecule has 1 saturated carbocycles. The SMILES string of the molecule is Cc1ccc(C(=O)NCC2(C3CCC3)NC(=O)NC2=O)c(-c2ccc(C(F)(F)F)cc2)c1. The number of hydrogen-bond donors (Lipinski definition) is 3. The van der Waals surface area contributed by atoms with Crippen LogP contribution in [0.5, 0.6) is 0 Å². The summed E-state index contributed by atoms with van der Waals surface area (Å²) in [6.07, 6.45) is -1.97. The van der Waals surface area contributed by atoms with Crippen LogP contribution < -0.4 is 16.0 Å². The van der Waals surface area contributed by atoms with Gasteiger partial charge in [0.1, 0.15) is 5.54 Å². The van der Waals surface area contributed by atoms with Crippen LogP contribution in [0.2, 0.25) is 0 Å². The first-order valence-corrected chi connectivity index (χ1v) is 10.3. The quantitative estimate of drug-likeness (QED) is 0.612. The van der Waals surface area contributed by atoms with Crippen LogP contribution >= 0.6 is 0 Å². The maximum atomic E-state index is 13.1. The van der Waals surface area contributed by atoms with E-state index in [0.29, 0.717) is 11.1 Å². The van der Waals surface area contributed by atoms with Crippen LogP contribution in [-0.2, 0) is 11.0 Å². The minimum Gasteiger partial charge on any atom is -0.349 e. The Morgan fingerprint density at radius 3 is 2.34 bits per heavy atom. The van der Waals surface area contributed by atoms with Gasteiger partial charge in [0.25, 0.3) is 11.8 Å². The van der Waals surface area contributed by atoms with Crippen molar-refractivity contribution in [2.75, 3.05) is 6.54 Å². The fraction of sp³-hybridized carbons (Fsp3) is 0.348. The molecule has 4 rings (SSSR count). The molecule has 6 nitrogen and oxygen atoms in total. The van der Waals surface area contributed by atoms with Gasteiger partial charge >= 0.3 is 12.2 Å². The average Bonchev–Trinajstić information content (AvgIpc) is 2.97. The van der Waals surface area contributed by atoms with E-state index in [4.69, 9.17) is 0 Å². The third-order valence-electron chi connectivity index (χ3n) is 6.24. The summed E-state index contributed by atoms with van der Waals surface area (Å²) in [4.78, 5) is 37.3. The molecule has 3 N–H and O–H groups in total. The van der Waals surface area contributed by atoms with E-state index in [-0.39, 0.29) is 18.0 Å². The number of benzene rings is 2. The Labute approximate surface area is 182 Å². The fourth-order valence-electron chi connectivity index (χ4n) is 4.21. The van der Waals surface area contributed by atoms with E-state index in [9.17, 15) is 27.6 Å². The van der Waals surface area contributed by atoms with Crippen molar-refractivity contribution in [1.29, 1.82) is 0 Å². The lowest BCUT2D eigenvalue weighted by atomic mass is 9.70. The summed E-state index contributed by atoms with van der Waals surface area (Å²) < 4.78 is 38.7. The summed E-state index contributed by atoms with van der Waals surface area (Å²) in [5, 5.41) is 7.68. The van der Waals surface area contributed by atoms with E-state index in [0.717, 1.165) is 37.0 Å². The van der Waals surface area contributed by atoms with Gasteiger partial charge in [-0.3, -0.25) is 14.9 Å². The second-order valence-electron chi connectivity index (χ2n) is 8.31. The van der Waals surface area contributed by atoms with Gasteiger partial charge in [-0.15, -0.1) is 0 Å². The van der Waals surface area contributed by atoms with Gasteiger partial charge in [-0.25, -0.2) is 4.79 Å². The highest BCUT2D eigenvalue weighted by atomic mass is 19.4. The highest BCUT2D eigenvalue weighted by Crippen LogP contribution is 2.38. The third-order valence-corrected chi connectivity index (χ3v) is 6.24. The molecule has 1 unspecified atom stereocenters. The predicted molar refractivity (Wildman–Crippen MR) is 111 cm³/mol. The largest absolute Gasteiger partial charge is 0.416 e. The molecule has 4 amide bonds. The second kappa shape index (κ2) is 7.96. The van der Waals surface area contributed by atoms with Crippen molar-refractivity contribution in [2.45, 2.75) is 37.9 Å². The van der Waals surface area contributed by atoms with Crippen LogP contribution in [0, 0.1) is 12.8 Å². The lowest BCUT2D eigenvalue weighted by molar-refractivity contribution is -0.137. The van der Waals surface area contributed by atoms with Crippen molar-refractivity contribution in [3.8, 4) is 11.1 Å². The maximum absolute atomic E-state index is 13.1. The summed E-state index contributed by atoms with van der Waals surface area (Å²) in [7, 11) is 0. The van der Waals surface area contributed by atoms with E-state index >= 15 is 0 Å². The van der Waals surface area contributed by atoms with Gasteiger partial charge in [-0.2, -0.15) is 13.2 Å². The number of halogens is 3. The average molecular weight is 445 g/mol. The molecule has 32 heavy (non-hydrogen) atoms. The molecule has 2 aliphatic rings. The molecule has 1 heterocycles. The smallest absolute Gasteiger partial charge is 0.349 e. The maximum Gasteiger partial charge on any atom is 0.416 e. The van der Waals surface area contributed by atoms with Gasteiger partial charge in [0.15, 0.2) is 0 Å². The zero-order valence-corrected chi connectivity index (χ0v) is 17.3. The van der Waals surface area contributed by atoms with Gasteiger partial charge in [0.2, 0.25) is 0 Å². The van der Waals surface area contributed by atoms with Crippen molar-refractivity contribution in [3.63, 3.8) is 0 Å². The Balaban J connectivity index is 1.59. The number of urea groups is 1. The molecule has 168 valence electrons. The predicted octanol–water partition coefficient (Wildman–Crippen LogP) is 3.79. The summed E-state index contributed by atoms with van der Waals surface area (Å²) >= 11 is 0. The normalized spacial score (nSPS) is 21.0. The second-order valence-corrected chi connectivity index (χ2v) is 8.31. The van der Waals surface area contributed by atoms with Gasteiger partial charge in [-0.05, 0) is 55.0 Å². The Hall–Kier alpha value is -3.36. The van der Waals surface area contributed by atoms with Crippen LogP contribution in [0.3, 0.4) is 0 Å². The fourth-order valence-corrected chi connectivity index (χ4v) is 4.21. The molecule has 2 aromatic carbocycles. The van der Waals surface area contributed by atoms with Gasteiger partial charge in [0, 0.05) is 5.56 Å². The Morgan fingerprint density at radius 2 is 1.81 bits per heavy atom. The van der Waals surface area contributed by atoms with Crippen molar-refractivity contribution in [1.82, 2.24) is 16.0 Å². The van der Waals surface area contributed by atoms with Gasteiger partial charge in [-0.1, -0.05) is 36.2 Å². The molecule has 0 spiro atoms. The van der Waals surface area contributed by atoms with Crippen molar-refractivity contribution in [3.05, 3.63) is 59.2 Å². The van der Waals surface area contributed by atoms with Crippen LogP contribution in [0.1, 0.15) is 40.7 Å². The summed E-state index contributed by atoms with van der Waals surface area (Å²) in [6, 6.07) is 9.08. The van der Waals surface area contributed by atoms with E-state index < -0.39 is 35.1 Å². The number of hydrogen-bond acceptors (Lipinski definition) is 3. The summed E-state index contributed by atoms with van der Waals surface area (Å²) in [5.41, 5.74) is 0.0878.